The third-order valence-corrected chi connectivity index (χ3v) is 4.88. The first-order chi connectivity index (χ1) is 12.9. The molecule has 27 heavy (non-hydrogen) atoms. The molecule has 2 rings (SSSR count). The predicted molar refractivity (Wildman–Crippen MR) is 108 cm³/mol. The van der Waals surface area contributed by atoms with Gasteiger partial charge in [-0.3, -0.25) is 14.5 Å². The highest BCUT2D eigenvalue weighted by atomic mass is 16.5. The number of nitrogens with one attached hydrogen (secondary N) is 1. The second-order valence-corrected chi connectivity index (χ2v) is 7.10. The van der Waals surface area contributed by atoms with Gasteiger partial charge in [-0.25, -0.2) is 0 Å². The number of ether oxygens (including phenoxy) is 1. The number of hydrogen-bond donors (Lipinski definition) is 1. The van der Waals surface area contributed by atoms with Gasteiger partial charge in [0.05, 0.1) is 19.3 Å². The number of rotatable bonds is 8. The Morgan fingerprint density at radius 2 is 1.96 bits per heavy atom. The van der Waals surface area contributed by atoms with E-state index in [-0.39, 0.29) is 17.7 Å². The quantitative estimate of drug-likeness (QED) is 0.712. The summed E-state index contributed by atoms with van der Waals surface area (Å²) < 4.78 is 5.28. The topological polar surface area (TPSA) is 61.9 Å². The van der Waals surface area contributed by atoms with Gasteiger partial charge in [-0.2, -0.15) is 0 Å². The van der Waals surface area contributed by atoms with E-state index in [0.717, 1.165) is 31.5 Å². The van der Waals surface area contributed by atoms with Crippen molar-refractivity contribution in [1.82, 2.24) is 9.80 Å². The SMILES string of the molecule is C=C(C)CN(CC)C(=O)CN1CCC(C(=O)Nc2ccccc2OC)CC1. The van der Waals surface area contributed by atoms with Gasteiger partial charge >= 0.3 is 0 Å². The van der Waals surface area contributed by atoms with E-state index in [1.807, 2.05) is 43.0 Å². The van der Waals surface area contributed by atoms with Crippen LogP contribution in [0.2, 0.25) is 0 Å². The first-order valence-electron chi connectivity index (χ1n) is 9.53. The predicted octanol–water partition coefficient (Wildman–Crippen LogP) is 2.77. The molecule has 1 saturated heterocycles. The zero-order valence-corrected chi connectivity index (χ0v) is 16.7. The maximum Gasteiger partial charge on any atom is 0.237 e. The molecule has 0 unspecified atom stereocenters. The maximum absolute atomic E-state index is 12.6. The Bertz CT molecular complexity index is 666. The van der Waals surface area contributed by atoms with Gasteiger partial charge in [0, 0.05) is 19.0 Å². The third kappa shape index (κ3) is 6.10. The molecular formula is C21H31N3O3. The Hall–Kier alpha value is -2.34. The molecule has 1 heterocycles. The normalized spacial score (nSPS) is 15.2. The number of nitrogens with zero attached hydrogens (tertiary/aromatic N) is 2. The Morgan fingerprint density at radius 1 is 1.30 bits per heavy atom. The van der Waals surface area contributed by atoms with E-state index >= 15 is 0 Å². The second kappa shape index (κ2) is 10.1. The van der Waals surface area contributed by atoms with Crippen LogP contribution in [-0.4, -0.2) is 61.4 Å². The van der Waals surface area contributed by atoms with Crippen molar-refractivity contribution in [2.24, 2.45) is 5.92 Å². The molecule has 6 heteroatoms. The molecule has 0 radical (unpaired) electrons. The van der Waals surface area contributed by atoms with E-state index in [2.05, 4.69) is 16.8 Å². The summed E-state index contributed by atoms with van der Waals surface area (Å²) in [7, 11) is 1.59. The van der Waals surface area contributed by atoms with Crippen molar-refractivity contribution < 1.29 is 14.3 Å². The second-order valence-electron chi connectivity index (χ2n) is 7.10. The van der Waals surface area contributed by atoms with Crippen LogP contribution in [0.5, 0.6) is 5.75 Å². The molecule has 2 amide bonds. The summed E-state index contributed by atoms with van der Waals surface area (Å²) in [5.41, 5.74) is 1.68. The Labute approximate surface area is 162 Å². The zero-order chi connectivity index (χ0) is 19.8. The molecule has 148 valence electrons. The number of para-hydroxylation sites is 2. The fourth-order valence-corrected chi connectivity index (χ4v) is 3.33. The van der Waals surface area contributed by atoms with Crippen LogP contribution in [0.3, 0.4) is 0 Å². The van der Waals surface area contributed by atoms with Crippen molar-refractivity contribution in [2.75, 3.05) is 45.2 Å². The minimum atomic E-state index is -0.0426. The summed E-state index contributed by atoms with van der Waals surface area (Å²) in [5.74, 6) is 0.755. The average molecular weight is 373 g/mol. The first kappa shape index (κ1) is 21.0. The number of piperidine rings is 1. The van der Waals surface area contributed by atoms with Crippen LogP contribution < -0.4 is 10.1 Å². The Balaban J connectivity index is 1.83. The molecule has 1 aromatic rings. The van der Waals surface area contributed by atoms with Crippen molar-refractivity contribution in [3.63, 3.8) is 0 Å². The van der Waals surface area contributed by atoms with Crippen LogP contribution in [0.25, 0.3) is 0 Å². The van der Waals surface area contributed by atoms with Crippen LogP contribution >= 0.6 is 0 Å². The average Bonchev–Trinajstić information content (AvgIpc) is 2.66. The van der Waals surface area contributed by atoms with Crippen molar-refractivity contribution in [2.45, 2.75) is 26.7 Å². The lowest BCUT2D eigenvalue weighted by molar-refractivity contribution is -0.132. The highest BCUT2D eigenvalue weighted by molar-refractivity contribution is 5.94. The van der Waals surface area contributed by atoms with Crippen molar-refractivity contribution >= 4 is 17.5 Å². The van der Waals surface area contributed by atoms with Gasteiger partial charge in [0.25, 0.3) is 0 Å². The van der Waals surface area contributed by atoms with Gasteiger partial charge in [-0.1, -0.05) is 24.3 Å². The summed E-state index contributed by atoms with van der Waals surface area (Å²) in [6.45, 7) is 11.0. The van der Waals surface area contributed by atoms with Crippen LogP contribution in [0, 0.1) is 5.92 Å². The van der Waals surface area contributed by atoms with Crippen LogP contribution in [0.15, 0.2) is 36.4 Å². The molecule has 0 aromatic heterocycles. The Kier molecular flexibility index (Phi) is 7.85. The highest BCUT2D eigenvalue weighted by Gasteiger charge is 2.27. The summed E-state index contributed by atoms with van der Waals surface area (Å²) in [6.07, 6.45) is 1.50. The number of carbonyl (C=O) groups is 2. The minimum Gasteiger partial charge on any atom is -0.495 e. The van der Waals surface area contributed by atoms with E-state index in [4.69, 9.17) is 4.74 Å². The third-order valence-electron chi connectivity index (χ3n) is 4.88. The number of likely N-dealkylation sites (tertiary alicyclic amines) is 1. The van der Waals surface area contributed by atoms with Gasteiger partial charge in [-0.05, 0) is 51.9 Å². The lowest BCUT2D eigenvalue weighted by Crippen LogP contribution is -2.45. The molecule has 1 aliphatic rings. The minimum absolute atomic E-state index is 0.0166. The molecule has 1 aliphatic heterocycles. The lowest BCUT2D eigenvalue weighted by atomic mass is 9.95. The summed E-state index contributed by atoms with van der Waals surface area (Å²) in [6, 6.07) is 7.41. The number of likely N-dealkylation sites (N-methyl/N-ethyl adjacent to an activating group) is 1. The fraction of sp³-hybridized carbons (Fsp3) is 0.524. The number of amides is 2. The molecule has 0 spiro atoms. The van der Waals surface area contributed by atoms with Gasteiger partial charge in [-0.15, -0.1) is 0 Å². The molecule has 1 N–H and O–H groups in total. The van der Waals surface area contributed by atoms with Crippen LogP contribution in [0.4, 0.5) is 5.69 Å². The molecule has 0 atom stereocenters. The smallest absolute Gasteiger partial charge is 0.237 e. The summed E-state index contributed by atoms with van der Waals surface area (Å²) in [4.78, 5) is 29.0. The van der Waals surface area contributed by atoms with Crippen molar-refractivity contribution in [1.29, 1.82) is 0 Å². The largest absolute Gasteiger partial charge is 0.495 e. The molecule has 0 bridgehead atoms. The first-order valence-corrected chi connectivity index (χ1v) is 9.53. The zero-order valence-electron chi connectivity index (χ0n) is 16.7. The van der Waals surface area contributed by atoms with E-state index in [9.17, 15) is 9.59 Å². The number of anilines is 1. The number of hydrogen-bond acceptors (Lipinski definition) is 4. The van der Waals surface area contributed by atoms with Gasteiger partial charge in [0.1, 0.15) is 5.75 Å². The van der Waals surface area contributed by atoms with Gasteiger partial charge in [0.15, 0.2) is 0 Å². The van der Waals surface area contributed by atoms with E-state index in [1.165, 1.54) is 0 Å². The lowest BCUT2D eigenvalue weighted by Gasteiger charge is -2.32. The number of methoxy groups -OCH3 is 1. The van der Waals surface area contributed by atoms with Crippen molar-refractivity contribution in [3.05, 3.63) is 36.4 Å². The number of carbonyl (C=O) groups excluding carboxylic acids is 2. The van der Waals surface area contributed by atoms with Crippen molar-refractivity contribution in [3.8, 4) is 5.75 Å². The van der Waals surface area contributed by atoms with E-state index in [1.54, 1.807) is 7.11 Å². The van der Waals surface area contributed by atoms with E-state index in [0.29, 0.717) is 31.1 Å². The summed E-state index contributed by atoms with van der Waals surface area (Å²) in [5, 5.41) is 2.97. The van der Waals surface area contributed by atoms with Crippen LogP contribution in [0.1, 0.15) is 26.7 Å². The molecular weight excluding hydrogens is 342 g/mol. The molecule has 1 aromatic carbocycles. The fourth-order valence-electron chi connectivity index (χ4n) is 3.33. The van der Waals surface area contributed by atoms with Gasteiger partial charge in [0.2, 0.25) is 11.8 Å². The number of benzene rings is 1. The molecule has 0 saturated carbocycles. The summed E-state index contributed by atoms with van der Waals surface area (Å²) >= 11 is 0. The molecule has 1 fully saturated rings. The maximum atomic E-state index is 12.6. The standard InChI is InChI=1S/C21H31N3O3/c1-5-24(14-16(2)3)20(25)15-23-12-10-17(11-13-23)21(26)22-18-8-6-7-9-19(18)27-4/h6-9,17H,2,5,10-15H2,1,3-4H3,(H,22,26). The van der Waals surface area contributed by atoms with E-state index < -0.39 is 0 Å². The van der Waals surface area contributed by atoms with Crippen LogP contribution in [-0.2, 0) is 9.59 Å². The monoisotopic (exact) mass is 373 g/mol. The highest BCUT2D eigenvalue weighted by Crippen LogP contribution is 2.25. The molecule has 0 aliphatic carbocycles. The van der Waals surface area contributed by atoms with Gasteiger partial charge < -0.3 is 15.0 Å². The Morgan fingerprint density at radius 3 is 2.56 bits per heavy atom. The molecule has 6 nitrogen and oxygen atoms in total.